The molecule has 0 spiro atoms. The van der Waals surface area contributed by atoms with Crippen LogP contribution < -0.4 is 0 Å². The average Bonchev–Trinajstić information content (AvgIpc) is 3.34. The van der Waals surface area contributed by atoms with Crippen molar-refractivity contribution in [3.05, 3.63) is 42.1 Å². The van der Waals surface area contributed by atoms with Gasteiger partial charge in [-0.2, -0.15) is 5.10 Å². The van der Waals surface area contributed by atoms with Gasteiger partial charge in [-0.25, -0.2) is 0 Å². The molecule has 146 valence electrons. The zero-order chi connectivity index (χ0) is 18.6. The Balaban J connectivity index is 1.29. The molecule has 7 heteroatoms. The van der Waals surface area contributed by atoms with Crippen LogP contribution in [0.5, 0.6) is 0 Å². The van der Waals surface area contributed by atoms with Crippen molar-refractivity contribution in [2.45, 2.75) is 50.7 Å². The molecule has 2 saturated heterocycles. The normalized spacial score (nSPS) is 22.9. The van der Waals surface area contributed by atoms with Crippen molar-refractivity contribution in [1.82, 2.24) is 19.6 Å². The van der Waals surface area contributed by atoms with Gasteiger partial charge in [0.05, 0.1) is 18.5 Å². The second-order valence-electron chi connectivity index (χ2n) is 7.75. The van der Waals surface area contributed by atoms with Crippen LogP contribution in [0, 0.1) is 0 Å². The van der Waals surface area contributed by atoms with E-state index < -0.39 is 5.97 Å². The summed E-state index contributed by atoms with van der Waals surface area (Å²) in [4.78, 5) is 16.0. The third-order valence-corrected chi connectivity index (χ3v) is 5.86. The Morgan fingerprint density at radius 3 is 2.81 bits per heavy atom. The van der Waals surface area contributed by atoms with Gasteiger partial charge in [0.2, 0.25) is 0 Å². The molecule has 0 aliphatic carbocycles. The molecule has 1 atom stereocenters. The maximum atomic E-state index is 10.9. The Kier molecular flexibility index (Phi) is 5.59. The quantitative estimate of drug-likeness (QED) is 0.839. The highest BCUT2D eigenvalue weighted by molar-refractivity contribution is 5.66. The number of nitrogens with zero attached hydrogens (tertiary/aromatic N) is 4. The fourth-order valence-corrected chi connectivity index (χ4v) is 4.47. The van der Waals surface area contributed by atoms with Crippen molar-refractivity contribution in [3.63, 3.8) is 0 Å². The largest absolute Gasteiger partial charge is 0.480 e. The third-order valence-electron chi connectivity index (χ3n) is 5.86. The minimum Gasteiger partial charge on any atom is -0.480 e. The number of hydrogen-bond donors (Lipinski definition) is 1. The van der Waals surface area contributed by atoms with Crippen molar-refractivity contribution in [3.8, 4) is 0 Å². The van der Waals surface area contributed by atoms with Crippen molar-refractivity contribution in [2.75, 3.05) is 26.2 Å². The van der Waals surface area contributed by atoms with Crippen molar-refractivity contribution >= 4 is 5.97 Å². The Morgan fingerprint density at radius 1 is 1.22 bits per heavy atom. The minimum atomic E-state index is -0.851. The van der Waals surface area contributed by atoms with Crippen LogP contribution in [0.4, 0.5) is 0 Å². The number of carboxylic acids is 1. The van der Waals surface area contributed by atoms with E-state index in [0.717, 1.165) is 50.6 Å². The van der Waals surface area contributed by atoms with Crippen LogP contribution in [0.3, 0.4) is 0 Å². The molecule has 0 amide bonds. The molecule has 2 aromatic heterocycles. The van der Waals surface area contributed by atoms with Crippen LogP contribution in [-0.2, 0) is 17.9 Å². The predicted molar refractivity (Wildman–Crippen MR) is 100 cm³/mol. The first-order chi connectivity index (χ1) is 13.2. The molecule has 4 rings (SSSR count). The summed E-state index contributed by atoms with van der Waals surface area (Å²) in [7, 11) is 0. The SMILES string of the molecule is O=C(O)Cn1ccc([C@@H]2CCCN(C3CCN(Cc4ccco4)CC3)C2)n1. The molecule has 4 heterocycles. The maximum Gasteiger partial charge on any atom is 0.325 e. The summed E-state index contributed by atoms with van der Waals surface area (Å²) < 4.78 is 7.00. The lowest BCUT2D eigenvalue weighted by Gasteiger charge is -2.42. The van der Waals surface area contributed by atoms with E-state index in [4.69, 9.17) is 9.52 Å². The van der Waals surface area contributed by atoms with Crippen LogP contribution in [0.1, 0.15) is 43.1 Å². The summed E-state index contributed by atoms with van der Waals surface area (Å²) in [5.41, 5.74) is 1.04. The minimum absolute atomic E-state index is 0.0649. The van der Waals surface area contributed by atoms with E-state index in [9.17, 15) is 4.79 Å². The molecule has 0 radical (unpaired) electrons. The van der Waals surface area contributed by atoms with Crippen LogP contribution in [0.15, 0.2) is 35.1 Å². The van der Waals surface area contributed by atoms with Gasteiger partial charge in [0.25, 0.3) is 0 Å². The summed E-state index contributed by atoms with van der Waals surface area (Å²) in [5.74, 6) is 0.606. The fourth-order valence-electron chi connectivity index (χ4n) is 4.47. The second kappa shape index (κ2) is 8.27. The van der Waals surface area contributed by atoms with Gasteiger partial charge in [-0.1, -0.05) is 0 Å². The molecule has 2 fully saturated rings. The number of carboxylic acid groups (broad SMARTS) is 1. The highest BCUT2D eigenvalue weighted by Crippen LogP contribution is 2.29. The van der Waals surface area contributed by atoms with Crippen molar-refractivity contribution < 1.29 is 14.3 Å². The van der Waals surface area contributed by atoms with Crippen LogP contribution in [0.2, 0.25) is 0 Å². The van der Waals surface area contributed by atoms with E-state index in [-0.39, 0.29) is 6.54 Å². The molecule has 2 aliphatic heterocycles. The second-order valence-corrected chi connectivity index (χ2v) is 7.75. The van der Waals surface area contributed by atoms with Crippen LogP contribution in [-0.4, -0.2) is 62.9 Å². The van der Waals surface area contributed by atoms with E-state index in [1.165, 1.54) is 23.9 Å². The maximum absolute atomic E-state index is 10.9. The van der Waals surface area contributed by atoms with E-state index in [1.807, 2.05) is 18.2 Å². The molecule has 27 heavy (non-hydrogen) atoms. The molecule has 2 aliphatic rings. The third kappa shape index (κ3) is 4.59. The van der Waals surface area contributed by atoms with E-state index in [2.05, 4.69) is 14.9 Å². The highest BCUT2D eigenvalue weighted by Gasteiger charge is 2.30. The number of carbonyl (C=O) groups is 1. The number of aliphatic carboxylic acids is 1. The number of aromatic nitrogens is 2. The summed E-state index contributed by atoms with van der Waals surface area (Å²) in [6.45, 7) is 5.26. The van der Waals surface area contributed by atoms with Crippen molar-refractivity contribution in [2.24, 2.45) is 0 Å². The molecule has 0 aromatic carbocycles. The number of hydrogen-bond acceptors (Lipinski definition) is 5. The lowest BCUT2D eigenvalue weighted by molar-refractivity contribution is -0.137. The molecule has 0 saturated carbocycles. The topological polar surface area (TPSA) is 74.7 Å². The van der Waals surface area contributed by atoms with Crippen LogP contribution >= 0.6 is 0 Å². The smallest absolute Gasteiger partial charge is 0.325 e. The first-order valence-electron chi connectivity index (χ1n) is 9.91. The lowest BCUT2D eigenvalue weighted by Crippen LogP contribution is -2.47. The summed E-state index contributed by atoms with van der Waals surface area (Å²) in [6.07, 6.45) is 8.24. The zero-order valence-electron chi connectivity index (χ0n) is 15.7. The zero-order valence-corrected chi connectivity index (χ0v) is 15.7. The Labute approximate surface area is 159 Å². The highest BCUT2D eigenvalue weighted by atomic mass is 16.4. The molecular weight excluding hydrogens is 344 g/mol. The summed E-state index contributed by atoms with van der Waals surface area (Å²) >= 11 is 0. The summed E-state index contributed by atoms with van der Waals surface area (Å²) in [5, 5.41) is 13.4. The van der Waals surface area contributed by atoms with E-state index in [0.29, 0.717) is 12.0 Å². The lowest BCUT2D eigenvalue weighted by atomic mass is 9.92. The number of likely N-dealkylation sites (tertiary alicyclic amines) is 2. The van der Waals surface area contributed by atoms with Gasteiger partial charge in [0.1, 0.15) is 12.3 Å². The van der Waals surface area contributed by atoms with Gasteiger partial charge in [-0.15, -0.1) is 0 Å². The molecule has 2 aromatic rings. The Bertz CT molecular complexity index is 734. The number of furan rings is 1. The first kappa shape index (κ1) is 18.3. The number of piperidine rings is 2. The fraction of sp³-hybridized carbons (Fsp3) is 0.600. The molecule has 7 nitrogen and oxygen atoms in total. The predicted octanol–water partition coefficient (Wildman–Crippen LogP) is 2.40. The molecule has 1 N–H and O–H groups in total. The Hall–Kier alpha value is -2.12. The van der Waals surface area contributed by atoms with Crippen LogP contribution in [0.25, 0.3) is 0 Å². The monoisotopic (exact) mass is 372 g/mol. The first-order valence-corrected chi connectivity index (χ1v) is 9.91. The van der Waals surface area contributed by atoms with E-state index >= 15 is 0 Å². The molecular formula is C20H28N4O3. The standard InChI is InChI=1S/C20H28N4O3/c25-20(26)15-24-11-7-19(21-24)16-3-1-8-23(13-16)17-5-9-22(10-6-17)14-18-4-2-12-27-18/h2,4,7,11-12,16-17H,1,3,5-6,8-10,13-15H2,(H,25,26)/t16-/m1/s1. The van der Waals surface area contributed by atoms with Gasteiger partial charge < -0.3 is 9.52 Å². The van der Waals surface area contributed by atoms with Gasteiger partial charge in [-0.3, -0.25) is 19.3 Å². The van der Waals surface area contributed by atoms with Gasteiger partial charge >= 0.3 is 5.97 Å². The van der Waals surface area contributed by atoms with E-state index in [1.54, 1.807) is 12.5 Å². The van der Waals surface area contributed by atoms with Crippen molar-refractivity contribution in [1.29, 1.82) is 0 Å². The average molecular weight is 372 g/mol. The van der Waals surface area contributed by atoms with Gasteiger partial charge in [0, 0.05) is 37.8 Å². The Morgan fingerprint density at radius 2 is 2.07 bits per heavy atom. The van der Waals surface area contributed by atoms with Gasteiger partial charge in [0.15, 0.2) is 0 Å². The summed E-state index contributed by atoms with van der Waals surface area (Å²) in [6, 6.07) is 6.63. The molecule has 0 bridgehead atoms. The molecule has 0 unspecified atom stereocenters. The van der Waals surface area contributed by atoms with Gasteiger partial charge in [-0.05, 0) is 50.4 Å². The number of rotatable bonds is 6.